The standard InChI is InChI=1S/C20H34N4O3/c1-6-26-14-7-12-21-20(22-16-19(25)23(3)4)24(5)13-15-27-18-10-8-17(2)9-11-18/h8-11H,6-7,12-16H2,1-5H3,(H,21,22). The minimum absolute atomic E-state index is 0.0343. The van der Waals surface area contributed by atoms with Crippen LogP contribution in [-0.2, 0) is 9.53 Å². The van der Waals surface area contributed by atoms with Crippen LogP contribution in [0.15, 0.2) is 29.3 Å². The molecule has 0 heterocycles. The number of amides is 1. The minimum Gasteiger partial charge on any atom is -0.492 e. The summed E-state index contributed by atoms with van der Waals surface area (Å²) in [6, 6.07) is 7.98. The molecule has 1 rings (SSSR count). The van der Waals surface area contributed by atoms with Crippen molar-refractivity contribution in [2.75, 3.05) is 60.6 Å². The fourth-order valence-corrected chi connectivity index (χ4v) is 2.16. The topological polar surface area (TPSA) is 66.4 Å². The van der Waals surface area contributed by atoms with E-state index in [1.54, 1.807) is 14.1 Å². The molecular formula is C20H34N4O3. The molecule has 152 valence electrons. The molecule has 0 aromatic heterocycles. The molecule has 1 aromatic rings. The van der Waals surface area contributed by atoms with Crippen molar-refractivity contribution < 1.29 is 14.3 Å². The van der Waals surface area contributed by atoms with Gasteiger partial charge in [0.2, 0.25) is 5.91 Å². The number of guanidine groups is 1. The second kappa shape index (κ2) is 13.0. The molecule has 0 aliphatic rings. The molecular weight excluding hydrogens is 344 g/mol. The summed E-state index contributed by atoms with van der Waals surface area (Å²) in [5, 5.41) is 3.30. The lowest BCUT2D eigenvalue weighted by Gasteiger charge is -2.23. The number of ether oxygens (including phenoxy) is 2. The molecule has 1 amide bonds. The number of nitrogens with one attached hydrogen (secondary N) is 1. The molecule has 27 heavy (non-hydrogen) atoms. The molecule has 0 atom stereocenters. The van der Waals surface area contributed by atoms with Crippen LogP contribution in [0.1, 0.15) is 18.9 Å². The Morgan fingerprint density at radius 1 is 1.15 bits per heavy atom. The molecule has 0 saturated carbocycles. The highest BCUT2D eigenvalue weighted by Gasteiger charge is 2.09. The third kappa shape index (κ3) is 9.84. The molecule has 0 aliphatic carbocycles. The van der Waals surface area contributed by atoms with Crippen LogP contribution in [0.4, 0.5) is 0 Å². The number of hydrogen-bond acceptors (Lipinski definition) is 4. The highest BCUT2D eigenvalue weighted by Crippen LogP contribution is 2.11. The minimum atomic E-state index is -0.0343. The first-order chi connectivity index (χ1) is 12.9. The van der Waals surface area contributed by atoms with Crippen LogP contribution in [0.25, 0.3) is 0 Å². The second-order valence-electron chi connectivity index (χ2n) is 6.49. The van der Waals surface area contributed by atoms with Crippen molar-refractivity contribution in [2.24, 2.45) is 4.99 Å². The molecule has 0 saturated heterocycles. The van der Waals surface area contributed by atoms with Crippen molar-refractivity contribution in [3.63, 3.8) is 0 Å². The van der Waals surface area contributed by atoms with E-state index in [9.17, 15) is 4.79 Å². The zero-order valence-electron chi connectivity index (χ0n) is 17.3. The van der Waals surface area contributed by atoms with Gasteiger partial charge in [-0.05, 0) is 32.4 Å². The van der Waals surface area contributed by atoms with Crippen LogP contribution in [0.3, 0.4) is 0 Å². The maximum atomic E-state index is 11.8. The lowest BCUT2D eigenvalue weighted by atomic mass is 10.2. The lowest BCUT2D eigenvalue weighted by Crippen LogP contribution is -2.42. The van der Waals surface area contributed by atoms with Gasteiger partial charge in [0.05, 0.1) is 6.54 Å². The van der Waals surface area contributed by atoms with Crippen molar-refractivity contribution in [3.8, 4) is 5.75 Å². The zero-order chi connectivity index (χ0) is 20.1. The number of likely N-dealkylation sites (N-methyl/N-ethyl adjacent to an activating group) is 2. The summed E-state index contributed by atoms with van der Waals surface area (Å²) >= 11 is 0. The van der Waals surface area contributed by atoms with Crippen LogP contribution in [0.2, 0.25) is 0 Å². The summed E-state index contributed by atoms with van der Waals surface area (Å²) in [6.07, 6.45) is 0.877. The van der Waals surface area contributed by atoms with Crippen molar-refractivity contribution in [3.05, 3.63) is 29.8 Å². The maximum Gasteiger partial charge on any atom is 0.243 e. The number of benzene rings is 1. The number of carbonyl (C=O) groups is 1. The number of rotatable bonds is 11. The summed E-state index contributed by atoms with van der Waals surface area (Å²) in [5.41, 5.74) is 1.20. The summed E-state index contributed by atoms with van der Waals surface area (Å²) in [4.78, 5) is 19.8. The van der Waals surface area contributed by atoms with Crippen LogP contribution in [0, 0.1) is 6.92 Å². The van der Waals surface area contributed by atoms with E-state index in [4.69, 9.17) is 9.47 Å². The molecule has 0 spiro atoms. The Balaban J connectivity index is 2.53. The van der Waals surface area contributed by atoms with Gasteiger partial charge in [0.1, 0.15) is 18.9 Å². The second-order valence-corrected chi connectivity index (χ2v) is 6.49. The summed E-state index contributed by atoms with van der Waals surface area (Å²) in [5.74, 6) is 1.50. The van der Waals surface area contributed by atoms with E-state index in [0.29, 0.717) is 32.3 Å². The van der Waals surface area contributed by atoms with Gasteiger partial charge < -0.3 is 24.6 Å². The summed E-state index contributed by atoms with van der Waals surface area (Å²) in [6.45, 7) is 7.48. The quantitative estimate of drug-likeness (QED) is 0.361. The molecule has 0 unspecified atom stereocenters. The van der Waals surface area contributed by atoms with Gasteiger partial charge in [-0.1, -0.05) is 17.7 Å². The van der Waals surface area contributed by atoms with E-state index in [-0.39, 0.29) is 12.5 Å². The van der Waals surface area contributed by atoms with Crippen molar-refractivity contribution in [1.82, 2.24) is 15.1 Å². The van der Waals surface area contributed by atoms with E-state index in [0.717, 1.165) is 18.7 Å². The predicted octanol–water partition coefficient (Wildman–Crippen LogP) is 1.77. The van der Waals surface area contributed by atoms with E-state index in [1.165, 1.54) is 10.5 Å². The Morgan fingerprint density at radius 2 is 1.85 bits per heavy atom. The molecule has 7 heteroatoms. The van der Waals surface area contributed by atoms with Gasteiger partial charge in [-0.25, -0.2) is 4.99 Å². The number of hydrogen-bond donors (Lipinski definition) is 1. The van der Waals surface area contributed by atoms with Crippen molar-refractivity contribution in [2.45, 2.75) is 20.3 Å². The van der Waals surface area contributed by atoms with E-state index < -0.39 is 0 Å². The fourth-order valence-electron chi connectivity index (χ4n) is 2.16. The molecule has 0 radical (unpaired) electrons. The normalized spacial score (nSPS) is 11.2. The first kappa shape index (κ1) is 22.8. The third-order valence-corrected chi connectivity index (χ3v) is 3.89. The Kier molecular flexibility index (Phi) is 10.9. The average molecular weight is 379 g/mol. The number of aryl methyl sites for hydroxylation is 1. The number of carbonyl (C=O) groups excluding carboxylic acids is 1. The monoisotopic (exact) mass is 378 g/mol. The van der Waals surface area contributed by atoms with Crippen LogP contribution < -0.4 is 10.1 Å². The highest BCUT2D eigenvalue weighted by molar-refractivity contribution is 5.84. The lowest BCUT2D eigenvalue weighted by molar-refractivity contribution is -0.127. The van der Waals surface area contributed by atoms with Gasteiger partial charge in [-0.3, -0.25) is 4.79 Å². The first-order valence-electron chi connectivity index (χ1n) is 9.40. The van der Waals surface area contributed by atoms with Gasteiger partial charge in [0.25, 0.3) is 0 Å². The average Bonchev–Trinajstić information content (AvgIpc) is 2.65. The summed E-state index contributed by atoms with van der Waals surface area (Å²) < 4.78 is 11.1. The van der Waals surface area contributed by atoms with Crippen LogP contribution >= 0.6 is 0 Å². The van der Waals surface area contributed by atoms with Gasteiger partial charge in [0, 0.05) is 40.9 Å². The largest absolute Gasteiger partial charge is 0.492 e. The Labute approximate surface area is 163 Å². The van der Waals surface area contributed by atoms with Crippen LogP contribution in [-0.4, -0.2) is 82.3 Å². The first-order valence-corrected chi connectivity index (χ1v) is 9.40. The zero-order valence-corrected chi connectivity index (χ0v) is 17.3. The van der Waals surface area contributed by atoms with Gasteiger partial charge >= 0.3 is 0 Å². The smallest absolute Gasteiger partial charge is 0.243 e. The Hall–Kier alpha value is -2.28. The third-order valence-electron chi connectivity index (χ3n) is 3.89. The predicted molar refractivity (Wildman–Crippen MR) is 109 cm³/mol. The molecule has 0 aliphatic heterocycles. The fraction of sp³-hybridized carbons (Fsp3) is 0.600. The highest BCUT2D eigenvalue weighted by atomic mass is 16.5. The Morgan fingerprint density at radius 3 is 2.48 bits per heavy atom. The summed E-state index contributed by atoms with van der Waals surface area (Å²) in [7, 11) is 5.39. The van der Waals surface area contributed by atoms with Gasteiger partial charge in [0.15, 0.2) is 5.96 Å². The number of aliphatic imine (C=N–C) groups is 1. The van der Waals surface area contributed by atoms with Crippen molar-refractivity contribution >= 4 is 11.9 Å². The Bertz CT molecular complexity index is 573. The molecule has 1 aromatic carbocycles. The molecule has 1 N–H and O–H groups in total. The van der Waals surface area contributed by atoms with Gasteiger partial charge in [-0.15, -0.1) is 0 Å². The molecule has 0 fully saturated rings. The van der Waals surface area contributed by atoms with Gasteiger partial charge in [-0.2, -0.15) is 0 Å². The number of nitrogens with zero attached hydrogens (tertiary/aromatic N) is 3. The SMILES string of the molecule is CCOCCCNC(=NCC(=O)N(C)C)N(C)CCOc1ccc(C)cc1. The molecule has 7 nitrogen and oxygen atoms in total. The maximum absolute atomic E-state index is 11.8. The van der Waals surface area contributed by atoms with Crippen molar-refractivity contribution in [1.29, 1.82) is 0 Å². The van der Waals surface area contributed by atoms with E-state index >= 15 is 0 Å². The van der Waals surface area contributed by atoms with Crippen LogP contribution in [0.5, 0.6) is 5.75 Å². The van der Waals surface area contributed by atoms with E-state index in [1.807, 2.05) is 50.1 Å². The van der Waals surface area contributed by atoms with E-state index in [2.05, 4.69) is 10.3 Å². The molecule has 0 bridgehead atoms.